The number of halogens is 1. The molecule has 1 amide bonds. The zero-order valence-electron chi connectivity index (χ0n) is 16.3. The number of likely N-dealkylation sites (tertiary alicyclic amines) is 1. The van der Waals surface area contributed by atoms with Crippen molar-refractivity contribution in [2.24, 2.45) is 0 Å². The number of hydrogen-bond acceptors (Lipinski definition) is 7. The summed E-state index contributed by atoms with van der Waals surface area (Å²) < 4.78 is 15.2. The van der Waals surface area contributed by atoms with Crippen molar-refractivity contribution in [2.75, 3.05) is 18.4 Å². The topological polar surface area (TPSA) is 137 Å². The number of pyridine rings is 1. The molecule has 3 aromatic rings. The van der Waals surface area contributed by atoms with Gasteiger partial charge in [0.25, 0.3) is 0 Å². The predicted octanol–water partition coefficient (Wildman–Crippen LogP) is 1.95. The molecule has 11 heteroatoms. The molecule has 4 heterocycles. The minimum absolute atomic E-state index is 0.0775. The highest BCUT2D eigenvalue weighted by Crippen LogP contribution is 2.22. The number of nitriles is 1. The van der Waals surface area contributed by atoms with Crippen LogP contribution in [0.15, 0.2) is 30.6 Å². The molecule has 0 aliphatic carbocycles. The summed E-state index contributed by atoms with van der Waals surface area (Å²) in [6, 6.07) is 5.77. The second-order valence-electron chi connectivity index (χ2n) is 7.14. The summed E-state index contributed by atoms with van der Waals surface area (Å²) in [6.07, 6.45) is 3.98. The zero-order valence-corrected chi connectivity index (χ0v) is 16.3. The molecule has 1 aliphatic rings. The van der Waals surface area contributed by atoms with E-state index >= 15 is 0 Å². The van der Waals surface area contributed by atoms with Crippen molar-refractivity contribution in [1.29, 1.82) is 5.26 Å². The quantitative estimate of drug-likeness (QED) is 0.635. The van der Waals surface area contributed by atoms with Gasteiger partial charge in [0.05, 0.1) is 12.3 Å². The number of carboxylic acids is 1. The number of aromatic nitrogens is 4. The van der Waals surface area contributed by atoms with Crippen molar-refractivity contribution in [1.82, 2.24) is 24.3 Å². The lowest BCUT2D eigenvalue weighted by Gasteiger charge is -2.33. The van der Waals surface area contributed by atoms with Crippen molar-refractivity contribution < 1.29 is 19.1 Å². The molecule has 1 atom stereocenters. The molecule has 0 aromatic carbocycles. The summed E-state index contributed by atoms with van der Waals surface area (Å²) in [7, 11) is 0. The summed E-state index contributed by atoms with van der Waals surface area (Å²) in [5, 5.41) is 21.4. The molecule has 31 heavy (non-hydrogen) atoms. The number of aromatic carboxylic acids is 1. The Kier molecular flexibility index (Phi) is 5.44. The molecule has 4 rings (SSSR count). The SMILES string of the molecule is N#CCC(=O)N1CCC[C@@H](Nc2cc(C(=O)O)nc(-c3cnc4ccc(F)cn34)n2)C1. The van der Waals surface area contributed by atoms with Crippen molar-refractivity contribution in [3.8, 4) is 17.6 Å². The fraction of sp³-hybridized carbons (Fsp3) is 0.300. The van der Waals surface area contributed by atoms with Crippen LogP contribution in [-0.2, 0) is 4.79 Å². The van der Waals surface area contributed by atoms with Gasteiger partial charge < -0.3 is 15.3 Å². The van der Waals surface area contributed by atoms with E-state index in [1.54, 1.807) is 4.90 Å². The Bertz CT molecular complexity index is 1200. The van der Waals surface area contributed by atoms with Crippen molar-refractivity contribution >= 4 is 23.3 Å². The number of hydrogen-bond donors (Lipinski definition) is 2. The van der Waals surface area contributed by atoms with Gasteiger partial charge in [-0.3, -0.25) is 9.20 Å². The van der Waals surface area contributed by atoms with E-state index < -0.39 is 11.8 Å². The van der Waals surface area contributed by atoms with Crippen LogP contribution in [0.5, 0.6) is 0 Å². The first-order valence-corrected chi connectivity index (χ1v) is 9.61. The van der Waals surface area contributed by atoms with Gasteiger partial charge in [0.2, 0.25) is 5.91 Å². The number of anilines is 1. The van der Waals surface area contributed by atoms with E-state index in [0.717, 1.165) is 12.8 Å². The summed E-state index contributed by atoms with van der Waals surface area (Å²) >= 11 is 0. The van der Waals surface area contributed by atoms with Gasteiger partial charge in [-0.1, -0.05) is 0 Å². The minimum Gasteiger partial charge on any atom is -0.477 e. The molecule has 0 spiro atoms. The lowest BCUT2D eigenvalue weighted by atomic mass is 10.1. The number of nitrogens with zero attached hydrogens (tertiary/aromatic N) is 6. The molecule has 0 unspecified atom stereocenters. The Morgan fingerprint density at radius 3 is 2.97 bits per heavy atom. The first-order valence-electron chi connectivity index (χ1n) is 9.61. The van der Waals surface area contributed by atoms with E-state index in [2.05, 4.69) is 20.3 Å². The number of imidazole rings is 1. The third kappa shape index (κ3) is 4.28. The Morgan fingerprint density at radius 1 is 1.35 bits per heavy atom. The van der Waals surface area contributed by atoms with E-state index in [9.17, 15) is 19.1 Å². The molecule has 1 aliphatic heterocycles. The van der Waals surface area contributed by atoms with Gasteiger partial charge in [-0.2, -0.15) is 5.26 Å². The van der Waals surface area contributed by atoms with Crippen molar-refractivity contribution in [3.05, 3.63) is 42.1 Å². The Labute approximate surface area is 176 Å². The van der Waals surface area contributed by atoms with Crippen LogP contribution in [0.4, 0.5) is 10.2 Å². The monoisotopic (exact) mass is 423 g/mol. The Balaban J connectivity index is 1.65. The summed E-state index contributed by atoms with van der Waals surface area (Å²) in [4.78, 5) is 37.9. The standard InChI is InChI=1S/C20H18FN7O3/c21-12-3-4-17-23-9-15(28(17)10-12)19-25-14(20(30)31)8-16(26-19)24-13-2-1-7-27(11-13)18(29)5-6-22/h3-4,8-10,13H,1-2,5,7,11H2,(H,30,31)(H,24,25,26)/t13-/m1/s1. The molecular weight excluding hydrogens is 405 g/mol. The maximum Gasteiger partial charge on any atom is 0.354 e. The lowest BCUT2D eigenvalue weighted by molar-refractivity contribution is -0.131. The summed E-state index contributed by atoms with van der Waals surface area (Å²) in [5.74, 6) is -1.61. The molecule has 3 aromatic heterocycles. The number of amides is 1. The second kappa shape index (κ2) is 8.35. The number of carbonyl (C=O) groups is 2. The first-order chi connectivity index (χ1) is 14.9. The zero-order chi connectivity index (χ0) is 22.0. The highest BCUT2D eigenvalue weighted by molar-refractivity contribution is 5.87. The van der Waals surface area contributed by atoms with Crippen LogP contribution in [0.2, 0.25) is 0 Å². The normalized spacial score (nSPS) is 16.1. The molecule has 0 bridgehead atoms. The summed E-state index contributed by atoms with van der Waals surface area (Å²) in [5.41, 5.74) is 0.580. The fourth-order valence-corrected chi connectivity index (χ4v) is 3.58. The number of carbonyl (C=O) groups excluding carboxylic acids is 1. The van der Waals surface area contributed by atoms with Crippen molar-refractivity contribution in [3.63, 3.8) is 0 Å². The molecular formula is C20H18FN7O3. The molecule has 10 nitrogen and oxygen atoms in total. The molecule has 2 N–H and O–H groups in total. The van der Waals surface area contributed by atoms with Gasteiger partial charge in [0, 0.05) is 31.4 Å². The van der Waals surface area contributed by atoms with Gasteiger partial charge in [-0.25, -0.2) is 24.1 Å². The van der Waals surface area contributed by atoms with Crippen LogP contribution in [0.25, 0.3) is 17.2 Å². The maximum absolute atomic E-state index is 13.7. The highest BCUT2D eigenvalue weighted by Gasteiger charge is 2.24. The second-order valence-corrected chi connectivity index (χ2v) is 7.14. The van der Waals surface area contributed by atoms with Crippen LogP contribution in [0.1, 0.15) is 29.8 Å². The first kappa shape index (κ1) is 20.2. The number of rotatable bonds is 5. The summed E-state index contributed by atoms with van der Waals surface area (Å²) in [6.45, 7) is 0.949. The van der Waals surface area contributed by atoms with Crippen molar-refractivity contribution in [2.45, 2.75) is 25.3 Å². The van der Waals surface area contributed by atoms with E-state index in [-0.39, 0.29) is 35.7 Å². The van der Waals surface area contributed by atoms with Gasteiger partial charge in [0.15, 0.2) is 11.5 Å². The van der Waals surface area contributed by atoms with Gasteiger partial charge in [0.1, 0.15) is 29.4 Å². The predicted molar refractivity (Wildman–Crippen MR) is 107 cm³/mol. The molecule has 1 fully saturated rings. The third-order valence-corrected chi connectivity index (χ3v) is 5.00. The number of carboxylic acid groups (broad SMARTS) is 1. The Hall–Kier alpha value is -4.07. The smallest absolute Gasteiger partial charge is 0.354 e. The largest absolute Gasteiger partial charge is 0.477 e. The van der Waals surface area contributed by atoms with Crippen LogP contribution in [0.3, 0.4) is 0 Å². The Morgan fingerprint density at radius 2 is 2.19 bits per heavy atom. The minimum atomic E-state index is -1.24. The van der Waals surface area contributed by atoms with Gasteiger partial charge in [-0.05, 0) is 25.0 Å². The average Bonchev–Trinajstić information content (AvgIpc) is 3.17. The van der Waals surface area contributed by atoms with Crippen LogP contribution in [-0.4, -0.2) is 60.4 Å². The van der Waals surface area contributed by atoms with Crippen LogP contribution in [0, 0.1) is 17.1 Å². The van der Waals surface area contributed by atoms with Gasteiger partial charge in [-0.15, -0.1) is 0 Å². The molecule has 0 saturated carbocycles. The lowest BCUT2D eigenvalue weighted by Crippen LogP contribution is -2.45. The van der Waals surface area contributed by atoms with E-state index in [1.807, 2.05) is 6.07 Å². The highest BCUT2D eigenvalue weighted by atomic mass is 19.1. The van der Waals surface area contributed by atoms with Crippen LogP contribution >= 0.6 is 0 Å². The molecule has 158 valence electrons. The molecule has 0 radical (unpaired) electrons. The van der Waals surface area contributed by atoms with Gasteiger partial charge >= 0.3 is 5.97 Å². The van der Waals surface area contributed by atoms with E-state index in [0.29, 0.717) is 24.4 Å². The van der Waals surface area contributed by atoms with E-state index in [4.69, 9.17) is 5.26 Å². The molecule has 1 saturated heterocycles. The average molecular weight is 423 g/mol. The van der Waals surface area contributed by atoms with Crippen LogP contribution < -0.4 is 5.32 Å². The van der Waals surface area contributed by atoms with E-state index in [1.165, 1.54) is 35.0 Å². The third-order valence-electron chi connectivity index (χ3n) is 5.00. The maximum atomic E-state index is 13.7. The number of fused-ring (bicyclic) bond motifs is 1. The fourth-order valence-electron chi connectivity index (χ4n) is 3.58. The number of piperidine rings is 1. The number of nitrogens with one attached hydrogen (secondary N) is 1.